The fourth-order valence-corrected chi connectivity index (χ4v) is 8.89. The first kappa shape index (κ1) is 43.8. The van der Waals surface area contributed by atoms with Crippen LogP contribution in [0.25, 0.3) is 10.8 Å². The van der Waals surface area contributed by atoms with Crippen LogP contribution in [0.3, 0.4) is 0 Å². The average molecular weight is 852 g/mol. The molecule has 15 nitrogen and oxygen atoms in total. The largest absolute Gasteiger partial charge is 0.497 e. The fraction of sp³-hybridized carbons (Fsp3) is 0.625. The monoisotopic (exact) mass is 851 g/mol. The number of alkyl halides is 3. The highest BCUT2D eigenvalue weighted by molar-refractivity contribution is 7.91. The Morgan fingerprint density at radius 2 is 1.75 bits per heavy atom. The molecule has 1 aromatic carbocycles. The van der Waals surface area contributed by atoms with E-state index in [1.165, 1.54) is 32.2 Å². The molecule has 3 N–H and O–H groups in total. The van der Waals surface area contributed by atoms with E-state index in [9.17, 15) is 40.8 Å². The first-order chi connectivity index (χ1) is 27.5. The lowest BCUT2D eigenvalue weighted by Gasteiger charge is -2.33. The van der Waals surface area contributed by atoms with E-state index < -0.39 is 85.9 Å². The minimum Gasteiger partial charge on any atom is -0.497 e. The predicted molar refractivity (Wildman–Crippen MR) is 208 cm³/mol. The number of nitrogens with zero attached hydrogens (tertiary/aromatic N) is 2. The van der Waals surface area contributed by atoms with E-state index >= 15 is 0 Å². The Kier molecular flexibility index (Phi) is 11.9. The number of allylic oxidation sites excluding steroid dienone is 1. The molecule has 0 spiro atoms. The van der Waals surface area contributed by atoms with E-state index in [4.69, 9.17) is 18.9 Å². The number of pyridine rings is 1. The predicted octanol–water partition coefficient (Wildman–Crippen LogP) is 4.92. The number of carbonyl (C=O) groups excluding carboxylic acids is 4. The molecule has 59 heavy (non-hydrogen) atoms. The first-order valence-electron chi connectivity index (χ1n) is 19.7. The van der Waals surface area contributed by atoms with E-state index in [2.05, 4.69) is 20.3 Å². The molecular weight excluding hydrogens is 800 g/mol. The molecule has 2 aliphatic carbocycles. The van der Waals surface area contributed by atoms with Gasteiger partial charge in [-0.25, -0.2) is 18.2 Å². The molecule has 324 valence electrons. The Labute approximate surface area is 341 Å². The van der Waals surface area contributed by atoms with Gasteiger partial charge in [-0.15, -0.1) is 0 Å². The van der Waals surface area contributed by atoms with Crippen LogP contribution in [-0.4, -0.2) is 103 Å². The van der Waals surface area contributed by atoms with Gasteiger partial charge in [0.05, 0.1) is 31.7 Å². The van der Waals surface area contributed by atoms with Gasteiger partial charge in [0.15, 0.2) is 0 Å². The second-order valence-electron chi connectivity index (χ2n) is 17.0. The fourth-order valence-electron chi connectivity index (χ4n) is 7.57. The number of rotatable bonds is 9. The molecule has 4 amide bonds. The number of fused-ring (bicyclic) bond motifs is 3. The lowest BCUT2D eigenvalue weighted by Crippen LogP contribution is -2.59. The van der Waals surface area contributed by atoms with E-state index in [0.29, 0.717) is 68.2 Å². The van der Waals surface area contributed by atoms with E-state index in [1.54, 1.807) is 31.2 Å². The van der Waals surface area contributed by atoms with Crippen molar-refractivity contribution in [2.75, 3.05) is 20.8 Å². The van der Waals surface area contributed by atoms with Gasteiger partial charge in [-0.05, 0) is 82.9 Å². The topological polar surface area (TPSA) is 192 Å². The third kappa shape index (κ3) is 8.89. The lowest BCUT2D eigenvalue weighted by molar-refractivity contribution is -0.244. The number of methoxy groups -OCH3 is 2. The van der Waals surface area contributed by atoms with Crippen molar-refractivity contribution in [2.24, 2.45) is 17.8 Å². The Balaban J connectivity index is 1.36. The van der Waals surface area contributed by atoms with Gasteiger partial charge in [-0.2, -0.15) is 13.2 Å². The van der Waals surface area contributed by atoms with Crippen molar-refractivity contribution in [3.05, 3.63) is 36.5 Å². The summed E-state index contributed by atoms with van der Waals surface area (Å²) in [6.07, 6.45) is 0.0309. The molecule has 6 rings (SSSR count). The zero-order chi connectivity index (χ0) is 43.3. The van der Waals surface area contributed by atoms with Gasteiger partial charge >= 0.3 is 12.3 Å². The number of alkyl carbamates (subject to hydrolysis) is 1. The van der Waals surface area contributed by atoms with Gasteiger partial charge in [0.25, 0.3) is 5.91 Å². The van der Waals surface area contributed by atoms with Gasteiger partial charge in [-0.1, -0.05) is 32.4 Å². The molecule has 19 heteroatoms. The van der Waals surface area contributed by atoms with Crippen LogP contribution in [0.4, 0.5) is 18.0 Å². The van der Waals surface area contributed by atoms with Crippen LogP contribution in [0.1, 0.15) is 79.6 Å². The number of sulfonamides is 1. The van der Waals surface area contributed by atoms with Crippen LogP contribution in [0.15, 0.2) is 36.5 Å². The number of aromatic nitrogens is 1. The van der Waals surface area contributed by atoms with Crippen molar-refractivity contribution in [1.29, 1.82) is 0 Å². The van der Waals surface area contributed by atoms with Gasteiger partial charge in [-0.3, -0.25) is 19.1 Å². The zero-order valence-electron chi connectivity index (χ0n) is 34.1. The third-order valence-corrected chi connectivity index (χ3v) is 14.3. The maximum absolute atomic E-state index is 14.7. The van der Waals surface area contributed by atoms with Crippen LogP contribution in [0, 0.1) is 17.8 Å². The number of halogens is 3. The molecular formula is C40H52F3N5O10S. The molecule has 0 radical (unpaired) electrons. The van der Waals surface area contributed by atoms with Gasteiger partial charge < -0.3 is 34.5 Å². The van der Waals surface area contributed by atoms with Crippen molar-refractivity contribution >= 4 is 44.6 Å². The first-order valence-corrected chi connectivity index (χ1v) is 21.1. The van der Waals surface area contributed by atoms with E-state index in [1.807, 2.05) is 13.0 Å². The summed E-state index contributed by atoms with van der Waals surface area (Å²) >= 11 is 0. The third-order valence-electron chi connectivity index (χ3n) is 12.1. The minimum absolute atomic E-state index is 0.0390. The van der Waals surface area contributed by atoms with Crippen LogP contribution in [-0.2, 0) is 29.1 Å². The zero-order valence-corrected chi connectivity index (χ0v) is 34.9. The summed E-state index contributed by atoms with van der Waals surface area (Å²) in [5.74, 6) is -2.64. The highest BCUT2D eigenvalue weighted by atomic mass is 32.2. The Morgan fingerprint density at radius 1 is 1.03 bits per heavy atom. The molecule has 1 aromatic heterocycles. The number of hydrogen-bond acceptors (Lipinski definition) is 11. The van der Waals surface area contributed by atoms with Gasteiger partial charge in [0.2, 0.25) is 33.3 Å². The van der Waals surface area contributed by atoms with E-state index in [0.717, 1.165) is 0 Å². The van der Waals surface area contributed by atoms with Crippen LogP contribution in [0.2, 0.25) is 0 Å². The van der Waals surface area contributed by atoms with Crippen LogP contribution >= 0.6 is 0 Å². The van der Waals surface area contributed by atoms with Gasteiger partial charge in [0.1, 0.15) is 35.2 Å². The number of carbonyl (C=O) groups is 4. The highest BCUT2D eigenvalue weighted by Crippen LogP contribution is 2.48. The van der Waals surface area contributed by atoms with Gasteiger partial charge in [0, 0.05) is 23.1 Å². The van der Waals surface area contributed by atoms with Crippen molar-refractivity contribution < 1.29 is 59.7 Å². The molecule has 0 bridgehead atoms. The van der Waals surface area contributed by atoms with Crippen molar-refractivity contribution in [2.45, 2.75) is 120 Å². The summed E-state index contributed by atoms with van der Waals surface area (Å²) in [5.41, 5.74) is -4.55. The second-order valence-corrected chi connectivity index (χ2v) is 19.2. The lowest BCUT2D eigenvalue weighted by atomic mass is 9.92. The molecule has 2 saturated carbocycles. The molecule has 0 unspecified atom stereocenters. The number of nitrogens with one attached hydrogen (secondary N) is 3. The Morgan fingerprint density at radius 3 is 2.39 bits per heavy atom. The Bertz CT molecular complexity index is 2130. The molecule has 2 aliphatic heterocycles. The molecule has 4 aliphatic rings. The maximum atomic E-state index is 14.7. The average Bonchev–Trinajstić information content (AvgIpc) is 4.05. The number of amides is 4. The van der Waals surface area contributed by atoms with Crippen molar-refractivity contribution in [1.82, 2.24) is 25.2 Å². The minimum atomic E-state index is -4.92. The van der Waals surface area contributed by atoms with Crippen LogP contribution < -0.4 is 29.6 Å². The number of hydrogen-bond donors (Lipinski definition) is 3. The number of benzene rings is 1. The quantitative estimate of drug-likeness (QED) is 0.290. The molecule has 3 heterocycles. The SMILES string of the molecule is COc1ccc2c(O[C@@H]3C[C@H]4C(=O)N[C@]5(C(=O)NS(=O)(=O)C6(C)CC6)C[C@H]5/C=C\[C@H](C)CCC[C@@H](C)[C@H](NC(=O)OC(C)(C)C(F)(F)F)C(=O)N4C3)ncc(OC)c2c1. The summed E-state index contributed by atoms with van der Waals surface area (Å²) in [5, 5.41) is 6.29. The molecule has 1 saturated heterocycles. The smallest absolute Gasteiger partial charge is 0.427 e. The molecule has 7 atom stereocenters. The summed E-state index contributed by atoms with van der Waals surface area (Å²) in [6, 6.07) is 2.34. The normalized spacial score (nSPS) is 29.1. The second kappa shape index (κ2) is 16.0. The van der Waals surface area contributed by atoms with Crippen molar-refractivity contribution in [3.63, 3.8) is 0 Å². The number of ether oxygens (including phenoxy) is 4. The standard InChI is InChI=1S/C40H52F3N5O10S/c1-22-9-8-10-23(2)31(45-36(52)58-37(3,4)40(41,42)43)34(50)48-21-26(57-33-27-14-13-25(55-6)17-28(27)30(56-7)20-44-33)18-29(48)32(49)46-39(19-24(39)12-11-22)35(51)47-59(53,54)38(5)15-16-38/h11-14,17,20,22-24,26,29,31H,8-10,15-16,18-19,21H2,1-7H3,(H,45,52)(H,46,49)(H,47,51)/b12-11-/t22-,23-,24-,26-,29+,31+,39-/m1/s1. The van der Waals surface area contributed by atoms with E-state index in [-0.39, 0.29) is 31.2 Å². The van der Waals surface area contributed by atoms with Crippen molar-refractivity contribution in [3.8, 4) is 17.4 Å². The summed E-state index contributed by atoms with van der Waals surface area (Å²) in [4.78, 5) is 62.0. The Hall–Kier alpha value is -4.81. The molecule has 2 aromatic rings. The highest BCUT2D eigenvalue weighted by Gasteiger charge is 2.63. The summed E-state index contributed by atoms with van der Waals surface area (Å²) in [7, 11) is -1.11. The van der Waals surface area contributed by atoms with Crippen LogP contribution in [0.5, 0.6) is 17.4 Å². The summed E-state index contributed by atoms with van der Waals surface area (Å²) < 4.78 is 90.8. The summed E-state index contributed by atoms with van der Waals surface area (Å²) in [6.45, 7) is 6.28. The molecule has 3 fully saturated rings. The maximum Gasteiger partial charge on any atom is 0.427 e.